The Labute approximate surface area is 689 Å². The quantitative estimate of drug-likeness (QED) is 0.145. The molecule has 0 amide bonds. The predicted molar refractivity (Wildman–Crippen MR) is 414 cm³/mol. The molecule has 0 unspecified atom stereocenters. The van der Waals surface area contributed by atoms with E-state index in [9.17, 15) is 0 Å². The van der Waals surface area contributed by atoms with Crippen LogP contribution in [-0.4, -0.2) is 40.5 Å². The van der Waals surface area contributed by atoms with Crippen molar-refractivity contribution >= 4 is 61.1 Å². The van der Waals surface area contributed by atoms with Crippen molar-refractivity contribution in [2.75, 3.05) is 40.3 Å². The normalized spacial score (nSPS) is 12.7. The third-order valence-electron chi connectivity index (χ3n) is 17.6. The second-order valence-corrected chi connectivity index (χ2v) is 24.6. The summed E-state index contributed by atoms with van der Waals surface area (Å²) in [5.41, 5.74) is 25.5. The standard InChI is InChI=1S/C18H16N2.C17H12N.C16H12N2O.C15H10N.C14H12N2.C11H8N.5Ir/c1-18(2)16-7-4-3-6-14(16)15-9-8-13(12-17(15)18)20-11-5-10-19-20;1-2-7-14(8-3-1)15-9-6-10-16(13-15)17-11-4-5-12-18-17;1-17-9-10-18(11-17)14-7-4-6-13-12-5-2-3-8-15(12)19-16(13)14;1-2-7-13(8-3-1)15-14-9-5-4-6-12(14)10-11-16-15;1-15-11-16(12-7-3-2-4-8-12)14-10-6-5-9-13(14)15;1-2-6-10(7-3-1)11-8-4-5-9-12-11;;;;;/h3-7,9,11-12H,10H2,1-2H3;1-9,11-13H;2-6,8-11H,1H3;1-7,9-11H;2-7,9-11H,1H3;1-6,8-9H;;;;;/q-2;-1;-2;-1;-2;-1;;;;;. The van der Waals surface area contributed by atoms with Crippen molar-refractivity contribution in [1.82, 2.24) is 19.9 Å². The molecule has 0 saturated heterocycles. The Morgan fingerprint density at radius 1 is 0.443 bits per heavy atom. The van der Waals surface area contributed by atoms with Crippen molar-refractivity contribution in [3.63, 3.8) is 0 Å². The van der Waals surface area contributed by atoms with E-state index in [1.165, 1.54) is 55.5 Å². The zero-order chi connectivity index (χ0) is 68.7. The van der Waals surface area contributed by atoms with Gasteiger partial charge in [-0.3, -0.25) is 0 Å². The number of nitrogens with zero attached hydrogens (tertiary/aromatic N) is 9. The maximum Gasteiger partial charge on any atom is 0.116 e. The maximum atomic E-state index is 5.99. The van der Waals surface area contributed by atoms with Crippen LogP contribution in [0.5, 0.6) is 0 Å². The fourth-order valence-electron chi connectivity index (χ4n) is 12.6. The smallest absolute Gasteiger partial charge is 0.116 e. The molecule has 0 saturated carbocycles. The fraction of sp³-hybridized carbons (Fsp3) is 0.0659. The number of hydrogen-bond acceptors (Lipinski definition) is 9. The SMILES string of the molecule is CC1(C)c2ccccc2-c2c[c-]c(N3C=CC[N-]3)cc21.CN1C=CN(c2[c-]ccc3c2oc2ccccc23)[CH-]1.CN1[CH-]N(c2[c-]cccc2)c2ccccc21.[Ir].[Ir].[Ir].[Ir].[Ir].[c-]1ccc(-c2ccccc2)cc1-c1ccccn1.[c-]1ccccc1-c1ccccn1.[c-]1ccccc1-c1nccc2ccccc12. The molecule has 0 spiro atoms. The van der Waals surface area contributed by atoms with Gasteiger partial charge in [0.05, 0.1) is 0 Å². The summed E-state index contributed by atoms with van der Waals surface area (Å²) < 4.78 is 5.99. The molecule has 11 aromatic carbocycles. The molecular formula is C91H70Ir5N9O-9. The maximum absolute atomic E-state index is 5.99. The van der Waals surface area contributed by atoms with Gasteiger partial charge in [-0.05, 0) is 113 Å². The Morgan fingerprint density at radius 3 is 1.76 bits per heavy atom. The average molecular weight is 2270 g/mol. The topological polar surface area (TPSA) is 82.1 Å². The van der Waals surface area contributed by atoms with Gasteiger partial charge in [0.15, 0.2) is 0 Å². The Kier molecular flexibility index (Phi) is 29.5. The van der Waals surface area contributed by atoms with E-state index in [2.05, 4.69) is 209 Å². The molecule has 4 aromatic heterocycles. The van der Waals surface area contributed by atoms with E-state index < -0.39 is 0 Å². The molecule has 3 aliphatic heterocycles. The Hall–Kier alpha value is -9.38. The number of aromatic nitrogens is 3. The molecule has 106 heavy (non-hydrogen) atoms. The summed E-state index contributed by atoms with van der Waals surface area (Å²) in [6.07, 6.45) is 13.5. The molecule has 0 fully saturated rings. The molecule has 4 aliphatic rings. The average Bonchev–Trinajstić information content (AvgIpc) is 1.58. The molecule has 1 aliphatic carbocycles. The van der Waals surface area contributed by atoms with Crippen LogP contribution >= 0.6 is 0 Å². The van der Waals surface area contributed by atoms with E-state index in [4.69, 9.17) is 4.42 Å². The van der Waals surface area contributed by atoms with Gasteiger partial charge in [-0.25, -0.2) is 0 Å². The summed E-state index contributed by atoms with van der Waals surface area (Å²) in [6, 6.07) is 115. The number of furan rings is 1. The van der Waals surface area contributed by atoms with Crippen molar-refractivity contribution in [2.24, 2.45) is 0 Å². The second-order valence-electron chi connectivity index (χ2n) is 24.6. The molecule has 539 valence electrons. The van der Waals surface area contributed by atoms with Gasteiger partial charge >= 0.3 is 0 Å². The Morgan fingerprint density at radius 2 is 1.08 bits per heavy atom. The summed E-state index contributed by atoms with van der Waals surface area (Å²) in [4.78, 5) is 21.3. The minimum atomic E-state index is 0. The first-order chi connectivity index (χ1) is 49.7. The summed E-state index contributed by atoms with van der Waals surface area (Å²) in [7, 11) is 4.05. The number of hydrogen-bond donors (Lipinski definition) is 0. The van der Waals surface area contributed by atoms with E-state index in [-0.39, 0.29) is 106 Å². The van der Waals surface area contributed by atoms with Crippen LogP contribution in [-0.2, 0) is 106 Å². The van der Waals surface area contributed by atoms with Crippen LogP contribution in [0.2, 0.25) is 0 Å². The van der Waals surface area contributed by atoms with Crippen molar-refractivity contribution in [1.29, 1.82) is 0 Å². The summed E-state index contributed by atoms with van der Waals surface area (Å²) in [6.45, 7) is 9.42. The molecule has 10 nitrogen and oxygen atoms in total. The number of pyridine rings is 3. The molecule has 15 heteroatoms. The third kappa shape index (κ3) is 18.9. The van der Waals surface area contributed by atoms with Gasteiger partial charge in [0.2, 0.25) is 0 Å². The zero-order valence-corrected chi connectivity index (χ0v) is 70.1. The largest absolute Gasteiger partial charge is 0.562 e. The molecule has 5 radical (unpaired) electrons. The zero-order valence-electron chi connectivity index (χ0n) is 58.1. The van der Waals surface area contributed by atoms with E-state index in [1.54, 1.807) is 12.4 Å². The monoisotopic (exact) mass is 2270 g/mol. The summed E-state index contributed by atoms with van der Waals surface area (Å²) in [5.74, 6) is 0. The Balaban J connectivity index is 0.000000147. The second kappa shape index (κ2) is 38.8. The van der Waals surface area contributed by atoms with E-state index in [0.29, 0.717) is 0 Å². The molecule has 0 bridgehead atoms. The van der Waals surface area contributed by atoms with Crippen LogP contribution in [0, 0.1) is 49.7 Å². The van der Waals surface area contributed by atoms with Crippen molar-refractivity contribution < 1.29 is 105 Å². The number of fused-ring (bicyclic) bond motifs is 8. The van der Waals surface area contributed by atoms with Crippen LogP contribution in [0.1, 0.15) is 25.0 Å². The van der Waals surface area contributed by atoms with E-state index in [0.717, 1.165) is 79.3 Å². The number of para-hydroxylation sites is 4. The number of anilines is 5. The van der Waals surface area contributed by atoms with Crippen molar-refractivity contribution in [3.05, 3.63) is 395 Å². The van der Waals surface area contributed by atoms with Gasteiger partial charge in [0.1, 0.15) is 5.58 Å². The van der Waals surface area contributed by atoms with E-state index >= 15 is 0 Å². The van der Waals surface area contributed by atoms with Gasteiger partial charge in [-0.1, -0.05) is 176 Å². The minimum Gasteiger partial charge on any atom is -0.562 e. The van der Waals surface area contributed by atoms with Crippen molar-refractivity contribution in [3.8, 4) is 56.0 Å². The van der Waals surface area contributed by atoms with Crippen LogP contribution < -0.4 is 19.7 Å². The van der Waals surface area contributed by atoms with Crippen LogP contribution in [0.25, 0.3) is 94.2 Å². The van der Waals surface area contributed by atoms with Crippen LogP contribution in [0.3, 0.4) is 0 Å². The minimum absolute atomic E-state index is 0. The molecule has 0 N–H and O–H groups in total. The van der Waals surface area contributed by atoms with Crippen LogP contribution in [0.4, 0.5) is 28.4 Å². The molecule has 0 atom stereocenters. The molecule has 19 rings (SSSR count). The van der Waals surface area contributed by atoms with Gasteiger partial charge in [-0.2, -0.15) is 74.0 Å². The number of benzene rings is 11. The summed E-state index contributed by atoms with van der Waals surface area (Å²) >= 11 is 0. The van der Waals surface area contributed by atoms with Crippen molar-refractivity contribution in [2.45, 2.75) is 19.3 Å². The predicted octanol–water partition coefficient (Wildman–Crippen LogP) is 21.8. The Bertz CT molecular complexity index is 5210. The first kappa shape index (κ1) is 80.7. The van der Waals surface area contributed by atoms with Gasteiger partial charge in [0.25, 0.3) is 0 Å². The van der Waals surface area contributed by atoms with Gasteiger partial charge in [-0.15, -0.1) is 137 Å². The molecule has 7 heterocycles. The first-order valence-corrected chi connectivity index (χ1v) is 33.5. The van der Waals surface area contributed by atoms with Crippen LogP contribution in [0.15, 0.2) is 333 Å². The van der Waals surface area contributed by atoms with Gasteiger partial charge < -0.3 is 49.4 Å². The first-order valence-electron chi connectivity index (χ1n) is 33.5. The van der Waals surface area contributed by atoms with Gasteiger partial charge in [0, 0.05) is 141 Å². The molecule has 15 aromatic rings. The van der Waals surface area contributed by atoms with E-state index in [1.807, 2.05) is 229 Å². The fourth-order valence-corrected chi connectivity index (χ4v) is 12.6. The third-order valence-corrected chi connectivity index (χ3v) is 17.6. The number of rotatable bonds is 7. The summed E-state index contributed by atoms with van der Waals surface area (Å²) in [5, 5.41) is 6.57. The molecular weight excluding hydrogens is 2200 g/mol.